The van der Waals surface area contributed by atoms with Gasteiger partial charge in [-0.25, -0.2) is 0 Å². The Hall–Kier alpha value is -0.870. The number of benzene rings is 1. The van der Waals surface area contributed by atoms with E-state index in [2.05, 4.69) is 6.92 Å². The minimum absolute atomic E-state index is 0.396. The Morgan fingerprint density at radius 3 is 2.14 bits per heavy atom. The predicted octanol–water partition coefficient (Wildman–Crippen LogP) is 5.32. The molecule has 0 aromatic heterocycles. The van der Waals surface area contributed by atoms with Gasteiger partial charge in [-0.15, -0.1) is 0 Å². The molecule has 126 valence electrons. The predicted molar refractivity (Wildman–Crippen MR) is 92.7 cm³/mol. The molecule has 22 heavy (non-hydrogen) atoms. The first-order valence-corrected chi connectivity index (χ1v) is 10.0. The number of hydrogen-bond acceptors (Lipinski definition) is 2. The lowest BCUT2D eigenvalue weighted by Gasteiger charge is -2.16. The summed E-state index contributed by atoms with van der Waals surface area (Å²) in [5.74, 6) is 0. The summed E-state index contributed by atoms with van der Waals surface area (Å²) in [5.41, 5.74) is 1.82. The third kappa shape index (κ3) is 6.49. The van der Waals surface area contributed by atoms with Crippen molar-refractivity contribution < 1.29 is 13.0 Å². The van der Waals surface area contributed by atoms with E-state index < -0.39 is 15.4 Å². The molecular weight excluding hydrogens is 296 g/mol. The lowest BCUT2D eigenvalue weighted by atomic mass is 9.97. The molecule has 0 saturated heterocycles. The second-order valence-corrected chi connectivity index (χ2v) is 7.58. The van der Waals surface area contributed by atoms with Gasteiger partial charge in [-0.1, -0.05) is 76.6 Å². The molecule has 1 N–H and O–H groups in total. The van der Waals surface area contributed by atoms with E-state index in [-0.39, 0.29) is 0 Å². The van der Waals surface area contributed by atoms with Crippen molar-refractivity contribution in [2.75, 3.05) is 0 Å². The lowest BCUT2D eigenvalue weighted by molar-refractivity contribution is 0.466. The van der Waals surface area contributed by atoms with Crippen molar-refractivity contribution >= 4 is 10.1 Å². The van der Waals surface area contributed by atoms with Crippen LogP contribution in [0.15, 0.2) is 24.3 Å². The fourth-order valence-electron chi connectivity index (χ4n) is 2.94. The summed E-state index contributed by atoms with van der Waals surface area (Å²) >= 11 is 0. The maximum Gasteiger partial charge on any atom is 0.271 e. The molecule has 0 heterocycles. The summed E-state index contributed by atoms with van der Waals surface area (Å²) in [6.45, 7) is 4.01. The summed E-state index contributed by atoms with van der Waals surface area (Å²) in [4.78, 5) is 0. The molecule has 0 aliphatic heterocycles. The van der Waals surface area contributed by atoms with Crippen molar-refractivity contribution in [2.45, 2.75) is 76.9 Å². The zero-order valence-electron chi connectivity index (χ0n) is 13.9. The first kappa shape index (κ1) is 19.2. The highest BCUT2D eigenvalue weighted by atomic mass is 32.2. The Morgan fingerprint density at radius 1 is 0.955 bits per heavy atom. The van der Waals surface area contributed by atoms with Gasteiger partial charge in [0.1, 0.15) is 5.25 Å². The Balaban J connectivity index is 2.57. The Bertz CT molecular complexity index is 523. The molecule has 0 spiro atoms. The third-order valence-corrected chi connectivity index (χ3v) is 5.49. The van der Waals surface area contributed by atoms with Gasteiger partial charge in [0.05, 0.1) is 0 Å². The van der Waals surface area contributed by atoms with Crippen LogP contribution in [0.3, 0.4) is 0 Å². The monoisotopic (exact) mass is 326 g/mol. The first-order chi connectivity index (χ1) is 10.5. The van der Waals surface area contributed by atoms with Crippen LogP contribution in [0.2, 0.25) is 0 Å². The largest absolute Gasteiger partial charge is 0.285 e. The maximum atomic E-state index is 11.5. The summed E-state index contributed by atoms with van der Waals surface area (Å²) < 4.78 is 32.5. The molecule has 0 amide bonds. The molecule has 0 radical (unpaired) electrons. The average molecular weight is 327 g/mol. The standard InChI is InChI=1S/C18H30O3S/c1-3-5-6-7-8-9-10-13-16-14-11-12-15-17(16)18(4-2)22(19,20)21/h11-12,14-15,18H,3-10,13H2,1-2H3,(H,19,20,21). The zero-order valence-corrected chi connectivity index (χ0v) is 14.7. The van der Waals surface area contributed by atoms with Gasteiger partial charge in [-0.3, -0.25) is 4.55 Å². The molecule has 0 aliphatic rings. The van der Waals surface area contributed by atoms with Gasteiger partial charge in [0.2, 0.25) is 0 Å². The highest BCUT2D eigenvalue weighted by Gasteiger charge is 2.24. The van der Waals surface area contributed by atoms with E-state index in [1.807, 2.05) is 24.3 Å². The summed E-state index contributed by atoms with van der Waals surface area (Å²) in [5, 5.41) is -0.798. The van der Waals surface area contributed by atoms with E-state index >= 15 is 0 Å². The number of rotatable bonds is 11. The minimum Gasteiger partial charge on any atom is -0.285 e. The summed E-state index contributed by atoms with van der Waals surface area (Å²) in [6.07, 6.45) is 9.97. The van der Waals surface area contributed by atoms with E-state index in [0.29, 0.717) is 6.42 Å². The first-order valence-electron chi connectivity index (χ1n) is 8.54. The Labute approximate surface area is 135 Å². The van der Waals surface area contributed by atoms with Crippen LogP contribution >= 0.6 is 0 Å². The minimum atomic E-state index is -4.04. The number of hydrogen-bond donors (Lipinski definition) is 1. The highest BCUT2D eigenvalue weighted by molar-refractivity contribution is 7.86. The van der Waals surface area contributed by atoms with Gasteiger partial charge in [0.15, 0.2) is 0 Å². The molecule has 1 aromatic rings. The molecule has 0 saturated carbocycles. The van der Waals surface area contributed by atoms with Crippen LogP contribution in [0, 0.1) is 0 Å². The van der Waals surface area contributed by atoms with Crippen LogP contribution in [0.1, 0.15) is 81.6 Å². The number of unbranched alkanes of at least 4 members (excludes halogenated alkanes) is 6. The van der Waals surface area contributed by atoms with Crippen LogP contribution in [-0.2, 0) is 16.5 Å². The van der Waals surface area contributed by atoms with Gasteiger partial charge in [0.25, 0.3) is 10.1 Å². The number of aryl methyl sites for hydroxylation is 1. The van der Waals surface area contributed by atoms with Gasteiger partial charge in [-0.05, 0) is 30.4 Å². The molecule has 3 nitrogen and oxygen atoms in total. The van der Waals surface area contributed by atoms with Crippen LogP contribution in [-0.4, -0.2) is 13.0 Å². The molecule has 0 bridgehead atoms. The van der Waals surface area contributed by atoms with Crippen molar-refractivity contribution in [1.82, 2.24) is 0 Å². The summed E-state index contributed by atoms with van der Waals surface area (Å²) in [6, 6.07) is 7.60. The van der Waals surface area contributed by atoms with Gasteiger partial charge in [0, 0.05) is 0 Å². The fourth-order valence-corrected chi connectivity index (χ4v) is 3.91. The van der Waals surface area contributed by atoms with Crippen molar-refractivity contribution in [1.29, 1.82) is 0 Å². The molecule has 0 aliphatic carbocycles. The molecule has 4 heteroatoms. The lowest BCUT2D eigenvalue weighted by Crippen LogP contribution is -2.13. The van der Waals surface area contributed by atoms with Crippen molar-refractivity contribution in [2.24, 2.45) is 0 Å². The van der Waals surface area contributed by atoms with Gasteiger partial charge in [-0.2, -0.15) is 8.42 Å². The molecule has 1 aromatic carbocycles. The molecule has 0 fully saturated rings. The molecule has 1 atom stereocenters. The Kier molecular flexibility index (Phi) is 8.72. The van der Waals surface area contributed by atoms with Crippen molar-refractivity contribution in [3.8, 4) is 0 Å². The molecule has 1 unspecified atom stereocenters. The van der Waals surface area contributed by atoms with Crippen LogP contribution in [0.5, 0.6) is 0 Å². The summed E-state index contributed by atoms with van der Waals surface area (Å²) in [7, 11) is -4.04. The van der Waals surface area contributed by atoms with Gasteiger partial charge < -0.3 is 0 Å². The second-order valence-electron chi connectivity index (χ2n) is 5.98. The van der Waals surface area contributed by atoms with Crippen molar-refractivity contribution in [3.63, 3.8) is 0 Å². The molecule has 1 rings (SSSR count). The highest BCUT2D eigenvalue weighted by Crippen LogP contribution is 2.29. The smallest absolute Gasteiger partial charge is 0.271 e. The maximum absolute atomic E-state index is 11.5. The molecular formula is C18H30O3S. The van der Waals surface area contributed by atoms with Gasteiger partial charge >= 0.3 is 0 Å². The quantitative estimate of drug-likeness (QED) is 0.442. The van der Waals surface area contributed by atoms with E-state index in [9.17, 15) is 13.0 Å². The average Bonchev–Trinajstić information content (AvgIpc) is 2.47. The Morgan fingerprint density at radius 2 is 1.55 bits per heavy atom. The van der Waals surface area contributed by atoms with Crippen LogP contribution < -0.4 is 0 Å². The SMILES string of the molecule is CCCCCCCCCc1ccccc1C(CC)S(=O)(=O)O. The van der Waals surface area contributed by atoms with E-state index in [1.165, 1.54) is 38.5 Å². The third-order valence-electron chi connectivity index (χ3n) is 4.18. The van der Waals surface area contributed by atoms with Crippen molar-refractivity contribution in [3.05, 3.63) is 35.4 Å². The van der Waals surface area contributed by atoms with Crippen LogP contribution in [0.4, 0.5) is 0 Å². The van der Waals surface area contributed by atoms with Crippen LogP contribution in [0.25, 0.3) is 0 Å². The fraction of sp³-hybridized carbons (Fsp3) is 0.667. The second kappa shape index (κ2) is 10.0. The topological polar surface area (TPSA) is 54.4 Å². The van der Waals surface area contributed by atoms with E-state index in [1.54, 1.807) is 6.92 Å². The zero-order chi connectivity index (χ0) is 16.4. The van der Waals surface area contributed by atoms with E-state index in [0.717, 1.165) is 24.0 Å². The normalized spacial score (nSPS) is 13.2. The van der Waals surface area contributed by atoms with E-state index in [4.69, 9.17) is 0 Å².